The first-order valence-corrected chi connectivity index (χ1v) is 5.83. The van der Waals surface area contributed by atoms with Crippen LogP contribution in [-0.2, 0) is 0 Å². The van der Waals surface area contributed by atoms with Crippen molar-refractivity contribution in [3.8, 4) is 0 Å². The summed E-state index contributed by atoms with van der Waals surface area (Å²) in [7, 11) is 0. The minimum Gasteiger partial charge on any atom is -0.478 e. The molecule has 2 aromatic rings. The number of aromatic carboxylic acids is 1. The Morgan fingerprint density at radius 1 is 0.952 bits per heavy atom. The molecule has 7 heteroatoms. The van der Waals surface area contributed by atoms with E-state index in [-0.39, 0.29) is 11.3 Å². The minimum absolute atomic E-state index is 0.0233. The Hall–Kier alpha value is -2.96. The van der Waals surface area contributed by atoms with E-state index in [2.05, 4.69) is 5.32 Å². The van der Waals surface area contributed by atoms with Crippen molar-refractivity contribution in [1.29, 1.82) is 0 Å². The average Bonchev–Trinajstić information content (AvgIpc) is 2.43. The molecule has 0 saturated heterocycles. The second kappa shape index (κ2) is 6.00. The molecule has 0 spiro atoms. The van der Waals surface area contributed by atoms with Crippen LogP contribution in [0.5, 0.6) is 0 Å². The molecule has 0 aliphatic carbocycles. The number of carbonyl (C=O) groups excluding carboxylic acids is 1. The largest absolute Gasteiger partial charge is 0.478 e. The van der Waals surface area contributed by atoms with Gasteiger partial charge in [0.05, 0.1) is 5.56 Å². The van der Waals surface area contributed by atoms with Gasteiger partial charge in [-0.3, -0.25) is 0 Å². The maximum atomic E-state index is 13.4. The maximum absolute atomic E-state index is 13.4. The van der Waals surface area contributed by atoms with Crippen molar-refractivity contribution in [2.24, 2.45) is 0 Å². The van der Waals surface area contributed by atoms with Crippen LogP contribution in [0.25, 0.3) is 0 Å². The minimum atomic E-state index is -1.15. The molecule has 108 valence electrons. The van der Waals surface area contributed by atoms with Crippen molar-refractivity contribution in [2.75, 3.05) is 10.6 Å². The van der Waals surface area contributed by atoms with Crippen LogP contribution in [0.15, 0.2) is 42.5 Å². The number of carboxylic acid groups (broad SMARTS) is 1. The summed E-state index contributed by atoms with van der Waals surface area (Å²) in [4.78, 5) is 22.5. The van der Waals surface area contributed by atoms with E-state index < -0.39 is 29.3 Å². The van der Waals surface area contributed by atoms with Gasteiger partial charge in [0.2, 0.25) is 0 Å². The number of urea groups is 1. The topological polar surface area (TPSA) is 78.4 Å². The zero-order valence-electron chi connectivity index (χ0n) is 10.6. The molecule has 0 saturated carbocycles. The van der Waals surface area contributed by atoms with Gasteiger partial charge >= 0.3 is 12.0 Å². The second-order valence-corrected chi connectivity index (χ2v) is 4.06. The van der Waals surface area contributed by atoms with Crippen LogP contribution in [0.2, 0.25) is 0 Å². The van der Waals surface area contributed by atoms with E-state index in [9.17, 15) is 18.4 Å². The fourth-order valence-corrected chi connectivity index (χ4v) is 1.62. The zero-order chi connectivity index (χ0) is 15.4. The number of halogens is 2. The number of nitrogens with one attached hydrogen (secondary N) is 2. The van der Waals surface area contributed by atoms with Crippen LogP contribution in [0.1, 0.15) is 10.4 Å². The summed E-state index contributed by atoms with van der Waals surface area (Å²) in [6.07, 6.45) is 0. The number of anilines is 2. The van der Waals surface area contributed by atoms with Gasteiger partial charge in [0.25, 0.3) is 0 Å². The number of hydrogen-bond donors (Lipinski definition) is 3. The van der Waals surface area contributed by atoms with Crippen molar-refractivity contribution >= 4 is 23.4 Å². The Morgan fingerprint density at radius 2 is 1.57 bits per heavy atom. The molecule has 0 aromatic heterocycles. The Bertz CT molecular complexity index is 684. The van der Waals surface area contributed by atoms with E-state index >= 15 is 0 Å². The van der Waals surface area contributed by atoms with Gasteiger partial charge in [-0.2, -0.15) is 0 Å². The SMILES string of the molecule is O=C(Nc1cccc(C(=O)O)c1)Nc1c(F)cccc1F. The maximum Gasteiger partial charge on any atom is 0.335 e. The number of para-hydroxylation sites is 1. The molecule has 5 nitrogen and oxygen atoms in total. The predicted octanol–water partition coefficient (Wildman–Crippen LogP) is 3.31. The van der Waals surface area contributed by atoms with Crippen LogP contribution in [0.4, 0.5) is 25.0 Å². The third-order valence-corrected chi connectivity index (χ3v) is 2.57. The van der Waals surface area contributed by atoms with Crippen molar-refractivity contribution < 1.29 is 23.5 Å². The lowest BCUT2D eigenvalue weighted by atomic mass is 10.2. The summed E-state index contributed by atoms with van der Waals surface area (Å²) in [6, 6.07) is 7.74. The van der Waals surface area contributed by atoms with E-state index in [0.717, 1.165) is 12.1 Å². The summed E-state index contributed by atoms with van der Waals surface area (Å²) >= 11 is 0. The van der Waals surface area contributed by atoms with Gasteiger partial charge in [-0.05, 0) is 30.3 Å². The van der Waals surface area contributed by atoms with Gasteiger partial charge in [0, 0.05) is 5.69 Å². The number of carbonyl (C=O) groups is 2. The summed E-state index contributed by atoms with van der Waals surface area (Å²) < 4.78 is 26.7. The van der Waals surface area contributed by atoms with E-state index in [1.165, 1.54) is 30.3 Å². The van der Waals surface area contributed by atoms with Gasteiger partial charge in [-0.25, -0.2) is 18.4 Å². The second-order valence-electron chi connectivity index (χ2n) is 4.06. The monoisotopic (exact) mass is 292 g/mol. The molecule has 0 aliphatic rings. The number of hydrogen-bond acceptors (Lipinski definition) is 2. The van der Waals surface area contributed by atoms with Gasteiger partial charge in [-0.1, -0.05) is 12.1 Å². The summed E-state index contributed by atoms with van der Waals surface area (Å²) in [5.74, 6) is -2.98. The highest BCUT2D eigenvalue weighted by Gasteiger charge is 2.12. The predicted molar refractivity (Wildman–Crippen MR) is 72.4 cm³/mol. The van der Waals surface area contributed by atoms with E-state index in [0.29, 0.717) is 0 Å². The first-order chi connectivity index (χ1) is 9.97. The first-order valence-electron chi connectivity index (χ1n) is 5.83. The summed E-state index contributed by atoms with van der Waals surface area (Å²) in [5.41, 5.74) is -0.418. The standard InChI is InChI=1S/C14H10F2N2O3/c15-10-5-2-6-11(16)12(10)18-14(21)17-9-4-1-3-8(7-9)13(19)20/h1-7H,(H,19,20)(H2,17,18,21). The zero-order valence-corrected chi connectivity index (χ0v) is 10.6. The molecule has 0 atom stereocenters. The third kappa shape index (κ3) is 3.53. The highest BCUT2D eigenvalue weighted by atomic mass is 19.1. The molecule has 2 rings (SSSR count). The van der Waals surface area contributed by atoms with Gasteiger partial charge in [0.15, 0.2) is 0 Å². The number of benzene rings is 2. The van der Waals surface area contributed by atoms with E-state index in [1.54, 1.807) is 0 Å². The van der Waals surface area contributed by atoms with Crippen molar-refractivity contribution in [2.45, 2.75) is 0 Å². The van der Waals surface area contributed by atoms with Crippen LogP contribution in [-0.4, -0.2) is 17.1 Å². The molecule has 0 aliphatic heterocycles. The first kappa shape index (κ1) is 14.4. The molecular weight excluding hydrogens is 282 g/mol. The van der Waals surface area contributed by atoms with Gasteiger partial charge in [0.1, 0.15) is 17.3 Å². The Labute approximate surface area is 118 Å². The van der Waals surface area contributed by atoms with Crippen molar-refractivity contribution in [1.82, 2.24) is 0 Å². The van der Waals surface area contributed by atoms with Crippen LogP contribution in [0.3, 0.4) is 0 Å². The summed E-state index contributed by atoms with van der Waals surface area (Å²) in [5, 5.41) is 13.1. The summed E-state index contributed by atoms with van der Waals surface area (Å²) in [6.45, 7) is 0. The van der Waals surface area contributed by atoms with Crippen molar-refractivity contribution in [3.63, 3.8) is 0 Å². The molecule has 0 bridgehead atoms. The Balaban J connectivity index is 2.12. The lowest BCUT2D eigenvalue weighted by Crippen LogP contribution is -2.21. The van der Waals surface area contributed by atoms with Gasteiger partial charge < -0.3 is 15.7 Å². The molecule has 0 heterocycles. The quantitative estimate of drug-likeness (QED) is 0.812. The Morgan fingerprint density at radius 3 is 2.19 bits per heavy atom. The van der Waals surface area contributed by atoms with E-state index in [1.807, 2.05) is 5.32 Å². The molecule has 0 unspecified atom stereocenters. The normalized spacial score (nSPS) is 10.0. The smallest absolute Gasteiger partial charge is 0.335 e. The number of carboxylic acids is 1. The molecular formula is C14H10F2N2O3. The average molecular weight is 292 g/mol. The molecule has 2 aromatic carbocycles. The van der Waals surface area contributed by atoms with Crippen LogP contribution in [0, 0.1) is 11.6 Å². The molecule has 3 N–H and O–H groups in total. The van der Waals surface area contributed by atoms with Crippen molar-refractivity contribution in [3.05, 3.63) is 59.7 Å². The number of amides is 2. The fourth-order valence-electron chi connectivity index (χ4n) is 1.62. The number of rotatable bonds is 3. The lowest BCUT2D eigenvalue weighted by molar-refractivity contribution is 0.0697. The highest BCUT2D eigenvalue weighted by molar-refractivity contribution is 6.00. The lowest BCUT2D eigenvalue weighted by Gasteiger charge is -2.09. The molecule has 2 amide bonds. The fraction of sp³-hybridized carbons (Fsp3) is 0. The van der Waals surface area contributed by atoms with Crippen LogP contribution < -0.4 is 10.6 Å². The Kier molecular flexibility index (Phi) is 4.13. The third-order valence-electron chi connectivity index (χ3n) is 2.57. The molecule has 0 fully saturated rings. The highest BCUT2D eigenvalue weighted by Crippen LogP contribution is 2.18. The molecule has 21 heavy (non-hydrogen) atoms. The molecule has 0 radical (unpaired) electrons. The van der Waals surface area contributed by atoms with Crippen LogP contribution >= 0.6 is 0 Å². The van der Waals surface area contributed by atoms with Gasteiger partial charge in [-0.15, -0.1) is 0 Å². The van der Waals surface area contributed by atoms with E-state index in [4.69, 9.17) is 5.11 Å².